The maximum absolute atomic E-state index is 12.7. The first kappa shape index (κ1) is 20.1. The van der Waals surface area contributed by atoms with Crippen molar-refractivity contribution in [3.8, 4) is 0 Å². The lowest BCUT2D eigenvalue weighted by atomic mass is 10.0. The zero-order valence-corrected chi connectivity index (χ0v) is 18.7. The number of aromatic nitrogens is 3. The summed E-state index contributed by atoms with van der Waals surface area (Å²) in [5.74, 6) is 0.765. The summed E-state index contributed by atoms with van der Waals surface area (Å²) in [7, 11) is 1.96. The summed E-state index contributed by atoms with van der Waals surface area (Å²) in [6.45, 7) is 0. The van der Waals surface area contributed by atoms with E-state index in [1.165, 1.54) is 6.20 Å². The van der Waals surface area contributed by atoms with Crippen LogP contribution in [0.4, 0.5) is 0 Å². The Morgan fingerprint density at radius 1 is 1.06 bits per heavy atom. The van der Waals surface area contributed by atoms with Gasteiger partial charge in [-0.2, -0.15) is 0 Å². The van der Waals surface area contributed by atoms with Gasteiger partial charge in [-0.15, -0.1) is 0 Å². The van der Waals surface area contributed by atoms with Gasteiger partial charge in [0.15, 0.2) is 0 Å². The Kier molecular flexibility index (Phi) is 5.00. The zero-order chi connectivity index (χ0) is 21.7. The normalized spacial score (nSPS) is 25.0. The van der Waals surface area contributed by atoms with E-state index >= 15 is 0 Å². The largest absolute Gasteiger partial charge is 0.349 e. The summed E-state index contributed by atoms with van der Waals surface area (Å²) in [5, 5.41) is 6.27. The molecule has 3 heterocycles. The number of nitrogens with one attached hydrogen (secondary N) is 4. The van der Waals surface area contributed by atoms with Crippen LogP contribution in [-0.4, -0.2) is 38.4 Å². The van der Waals surface area contributed by atoms with Crippen molar-refractivity contribution in [1.29, 1.82) is 0 Å². The van der Waals surface area contributed by atoms with Crippen molar-refractivity contribution in [3.63, 3.8) is 0 Å². The maximum atomic E-state index is 12.7. The van der Waals surface area contributed by atoms with Crippen LogP contribution in [0.25, 0.3) is 11.0 Å². The Morgan fingerprint density at radius 2 is 1.71 bits per heavy atom. The molecule has 2 amide bonds. The van der Waals surface area contributed by atoms with Gasteiger partial charge in [-0.3, -0.25) is 14.4 Å². The number of carbonyl (C=O) groups excluding carboxylic acids is 2. The number of rotatable bonds is 4. The lowest BCUT2D eigenvalue weighted by Gasteiger charge is -2.17. The summed E-state index contributed by atoms with van der Waals surface area (Å²) >= 11 is 3.16. The fraction of sp³-hybridized carbons (Fsp3) is 0.409. The van der Waals surface area contributed by atoms with Crippen molar-refractivity contribution < 1.29 is 9.59 Å². The van der Waals surface area contributed by atoms with Crippen molar-refractivity contribution in [1.82, 2.24) is 25.2 Å². The Bertz CT molecular complexity index is 1210. The summed E-state index contributed by atoms with van der Waals surface area (Å²) in [6, 6.07) is 5.69. The molecule has 8 nitrogen and oxygen atoms in total. The zero-order valence-electron chi connectivity index (χ0n) is 17.1. The van der Waals surface area contributed by atoms with Crippen molar-refractivity contribution in [3.05, 3.63) is 56.7 Å². The average molecular weight is 486 g/mol. The Labute approximate surface area is 186 Å². The van der Waals surface area contributed by atoms with Crippen LogP contribution < -0.4 is 16.2 Å². The third kappa shape index (κ3) is 3.82. The second-order valence-electron chi connectivity index (χ2n) is 8.78. The van der Waals surface area contributed by atoms with Crippen LogP contribution in [0.3, 0.4) is 0 Å². The van der Waals surface area contributed by atoms with Gasteiger partial charge < -0.3 is 25.2 Å². The molecule has 4 atom stereocenters. The Hall–Kier alpha value is -2.81. The molecule has 0 aliphatic heterocycles. The highest BCUT2D eigenvalue weighted by atomic mass is 79.9. The third-order valence-electron chi connectivity index (χ3n) is 6.72. The second kappa shape index (κ2) is 7.71. The lowest BCUT2D eigenvalue weighted by Crippen LogP contribution is -2.36. The van der Waals surface area contributed by atoms with Crippen molar-refractivity contribution in [2.24, 2.45) is 18.9 Å². The van der Waals surface area contributed by atoms with Crippen LogP contribution in [0, 0.1) is 11.8 Å². The summed E-state index contributed by atoms with van der Waals surface area (Å²) < 4.78 is 2.33. The monoisotopic (exact) mass is 485 g/mol. The molecule has 0 bridgehead atoms. The van der Waals surface area contributed by atoms with Gasteiger partial charge in [0.2, 0.25) is 0 Å². The number of carbonyl (C=O) groups is 2. The number of aromatic amines is 2. The molecule has 2 fully saturated rings. The molecule has 2 aliphatic rings. The van der Waals surface area contributed by atoms with E-state index in [-0.39, 0.29) is 29.5 Å². The van der Waals surface area contributed by atoms with Crippen LogP contribution in [0.5, 0.6) is 0 Å². The van der Waals surface area contributed by atoms with E-state index in [2.05, 4.69) is 36.5 Å². The maximum Gasteiger partial charge on any atom is 0.268 e. The highest BCUT2D eigenvalue weighted by Crippen LogP contribution is 2.44. The Morgan fingerprint density at radius 3 is 2.32 bits per heavy atom. The fourth-order valence-corrected chi connectivity index (χ4v) is 5.60. The van der Waals surface area contributed by atoms with Gasteiger partial charge in [0.25, 0.3) is 17.4 Å². The van der Waals surface area contributed by atoms with E-state index in [4.69, 9.17) is 0 Å². The molecule has 31 heavy (non-hydrogen) atoms. The first-order valence-corrected chi connectivity index (χ1v) is 11.3. The number of nitrogens with zero attached hydrogens (tertiary/aromatic N) is 1. The van der Waals surface area contributed by atoms with E-state index in [1.54, 1.807) is 6.07 Å². The minimum atomic E-state index is -0.257. The van der Waals surface area contributed by atoms with Crippen molar-refractivity contribution in [2.75, 3.05) is 0 Å². The van der Waals surface area contributed by atoms with Gasteiger partial charge in [0, 0.05) is 31.5 Å². The Balaban J connectivity index is 1.15. The van der Waals surface area contributed by atoms with Gasteiger partial charge >= 0.3 is 0 Å². The van der Waals surface area contributed by atoms with Gasteiger partial charge in [-0.05, 0) is 71.6 Å². The van der Waals surface area contributed by atoms with Crippen LogP contribution in [0.1, 0.15) is 46.5 Å². The van der Waals surface area contributed by atoms with Gasteiger partial charge in [0.1, 0.15) is 5.69 Å². The minimum Gasteiger partial charge on any atom is -0.349 e. The van der Waals surface area contributed by atoms with Crippen LogP contribution in [0.2, 0.25) is 0 Å². The number of pyridine rings is 1. The van der Waals surface area contributed by atoms with Crippen LogP contribution >= 0.6 is 15.9 Å². The van der Waals surface area contributed by atoms with Crippen molar-refractivity contribution >= 4 is 38.8 Å². The average Bonchev–Trinajstić information content (AvgIpc) is 3.46. The number of halogens is 1. The van der Waals surface area contributed by atoms with Gasteiger partial charge in [0.05, 0.1) is 21.1 Å². The molecule has 2 unspecified atom stereocenters. The molecule has 0 spiro atoms. The van der Waals surface area contributed by atoms with E-state index in [0.29, 0.717) is 27.6 Å². The summed E-state index contributed by atoms with van der Waals surface area (Å²) in [6.07, 6.45) is 7.11. The van der Waals surface area contributed by atoms with Gasteiger partial charge in [-0.25, -0.2) is 0 Å². The number of amides is 2. The number of fused-ring (bicyclic) bond motifs is 2. The molecule has 0 aromatic carbocycles. The summed E-state index contributed by atoms with van der Waals surface area (Å²) in [4.78, 5) is 42.4. The third-order valence-corrected chi connectivity index (χ3v) is 7.31. The highest BCUT2D eigenvalue weighted by molar-refractivity contribution is 9.10. The molecular formula is C22H24BrN5O3. The molecule has 2 saturated carbocycles. The van der Waals surface area contributed by atoms with E-state index in [1.807, 2.05) is 29.9 Å². The molecule has 2 aliphatic carbocycles. The molecule has 0 radical (unpaired) electrons. The number of hydrogen-bond acceptors (Lipinski definition) is 3. The molecule has 9 heteroatoms. The van der Waals surface area contributed by atoms with E-state index < -0.39 is 0 Å². The van der Waals surface area contributed by atoms with E-state index in [0.717, 1.165) is 36.7 Å². The van der Waals surface area contributed by atoms with Crippen LogP contribution in [-0.2, 0) is 7.05 Å². The molecule has 3 aromatic rings. The van der Waals surface area contributed by atoms with Gasteiger partial charge in [-0.1, -0.05) is 0 Å². The molecule has 5 rings (SSSR count). The first-order chi connectivity index (χ1) is 14.9. The molecule has 0 saturated heterocycles. The fourth-order valence-electron chi connectivity index (χ4n) is 5.24. The molecular weight excluding hydrogens is 462 g/mol. The molecule has 162 valence electrons. The lowest BCUT2D eigenvalue weighted by molar-refractivity contribution is 0.0931. The van der Waals surface area contributed by atoms with E-state index in [9.17, 15) is 14.4 Å². The second-order valence-corrected chi connectivity index (χ2v) is 9.63. The number of aryl methyl sites for hydroxylation is 1. The quantitative estimate of drug-likeness (QED) is 0.455. The highest BCUT2D eigenvalue weighted by Gasteiger charge is 2.42. The standard InChI is InChI=1S/C22H24BrN5O3/c1-28-3-2-17-19(28)9-18(27-17)22(31)26-15-6-11-4-14(5-12(11)7-15)25-20(29)13-8-16(23)21(30)24-10-13/h2-3,8-12,14-15,27H,4-7H2,1H3,(H,24,30)(H,25,29)(H,26,31)/t11-,12+,14?,15?. The molecule has 4 N–H and O–H groups in total. The summed E-state index contributed by atoms with van der Waals surface area (Å²) in [5.41, 5.74) is 2.75. The first-order valence-electron chi connectivity index (χ1n) is 10.5. The van der Waals surface area contributed by atoms with Crippen LogP contribution in [0.15, 0.2) is 39.9 Å². The topological polar surface area (TPSA) is 112 Å². The number of hydrogen-bond donors (Lipinski definition) is 4. The SMILES string of the molecule is Cn1ccc2[nH]c(C(=O)NC3C[C@H]4CC(NC(=O)c5c[nH]c(=O)c(Br)c5)C[C@H]4C3)cc21. The molecule has 3 aromatic heterocycles. The predicted octanol–water partition coefficient (Wildman–Crippen LogP) is 2.67. The number of H-pyrrole nitrogens is 2. The minimum absolute atomic E-state index is 0.0605. The van der Waals surface area contributed by atoms with Crippen molar-refractivity contribution in [2.45, 2.75) is 37.8 Å². The smallest absolute Gasteiger partial charge is 0.268 e. The predicted molar refractivity (Wildman–Crippen MR) is 120 cm³/mol.